The molecule has 2 N–H and O–H groups in total. The Morgan fingerprint density at radius 3 is 2.81 bits per heavy atom. The second-order valence-corrected chi connectivity index (χ2v) is 6.32. The molecule has 0 aromatic heterocycles. The molecule has 4 heteroatoms. The standard InChI is InChI=1S/C17H27N3O/c1-13-6-4-5-7-15(13)10-19(3)17(21)12-20-9-8-16(11-20)14(2)18/h4-7,14,16H,8-12,18H2,1-3H3. The summed E-state index contributed by atoms with van der Waals surface area (Å²) in [4.78, 5) is 16.4. The van der Waals surface area contributed by atoms with Crippen LogP contribution in [0.5, 0.6) is 0 Å². The Labute approximate surface area is 127 Å². The summed E-state index contributed by atoms with van der Waals surface area (Å²) in [6.07, 6.45) is 1.10. The van der Waals surface area contributed by atoms with Gasteiger partial charge in [-0.1, -0.05) is 24.3 Å². The molecule has 2 atom stereocenters. The van der Waals surface area contributed by atoms with E-state index in [9.17, 15) is 4.79 Å². The van der Waals surface area contributed by atoms with Crippen molar-refractivity contribution < 1.29 is 4.79 Å². The summed E-state index contributed by atoms with van der Waals surface area (Å²) in [5, 5.41) is 0. The number of nitrogens with zero attached hydrogens (tertiary/aromatic N) is 2. The van der Waals surface area contributed by atoms with Gasteiger partial charge in [0.1, 0.15) is 0 Å². The van der Waals surface area contributed by atoms with Crippen molar-refractivity contribution in [2.24, 2.45) is 11.7 Å². The Balaban J connectivity index is 1.85. The minimum Gasteiger partial charge on any atom is -0.340 e. The quantitative estimate of drug-likeness (QED) is 0.896. The number of carbonyl (C=O) groups excluding carboxylic acids is 1. The van der Waals surface area contributed by atoms with Gasteiger partial charge in [0.05, 0.1) is 6.54 Å². The predicted octanol–water partition coefficient (Wildman–Crippen LogP) is 1.62. The number of hydrogen-bond acceptors (Lipinski definition) is 3. The lowest BCUT2D eigenvalue weighted by atomic mass is 10.0. The number of carbonyl (C=O) groups is 1. The molecule has 0 spiro atoms. The first-order valence-electron chi connectivity index (χ1n) is 7.73. The molecule has 1 fully saturated rings. The lowest BCUT2D eigenvalue weighted by molar-refractivity contribution is -0.131. The third-order valence-corrected chi connectivity index (χ3v) is 4.51. The molecular formula is C17H27N3O. The zero-order valence-electron chi connectivity index (χ0n) is 13.4. The average Bonchev–Trinajstić information content (AvgIpc) is 2.90. The van der Waals surface area contributed by atoms with Crippen LogP contribution in [0.1, 0.15) is 24.5 Å². The number of nitrogens with two attached hydrogens (primary N) is 1. The Bertz CT molecular complexity index is 487. The van der Waals surface area contributed by atoms with E-state index in [4.69, 9.17) is 5.73 Å². The van der Waals surface area contributed by atoms with Crippen molar-refractivity contribution in [2.75, 3.05) is 26.7 Å². The number of rotatable bonds is 5. The monoisotopic (exact) mass is 289 g/mol. The van der Waals surface area contributed by atoms with Gasteiger partial charge in [-0.2, -0.15) is 0 Å². The Morgan fingerprint density at radius 2 is 2.19 bits per heavy atom. The smallest absolute Gasteiger partial charge is 0.236 e. The third kappa shape index (κ3) is 4.29. The fraction of sp³-hybridized carbons (Fsp3) is 0.588. The molecule has 1 aliphatic rings. The molecule has 0 aliphatic carbocycles. The number of likely N-dealkylation sites (tertiary alicyclic amines) is 1. The first-order valence-corrected chi connectivity index (χ1v) is 7.73. The van der Waals surface area contributed by atoms with Gasteiger partial charge in [0.25, 0.3) is 0 Å². The second-order valence-electron chi connectivity index (χ2n) is 6.32. The van der Waals surface area contributed by atoms with Gasteiger partial charge in [0.2, 0.25) is 5.91 Å². The highest BCUT2D eigenvalue weighted by Crippen LogP contribution is 2.18. The molecular weight excluding hydrogens is 262 g/mol. The van der Waals surface area contributed by atoms with E-state index in [1.54, 1.807) is 0 Å². The van der Waals surface area contributed by atoms with Crippen LogP contribution in [0.3, 0.4) is 0 Å². The lowest BCUT2D eigenvalue weighted by Crippen LogP contribution is -2.38. The first kappa shape index (κ1) is 16.0. The molecule has 0 bridgehead atoms. The molecule has 1 aliphatic heterocycles. The highest BCUT2D eigenvalue weighted by Gasteiger charge is 2.27. The molecule has 1 heterocycles. The molecule has 4 nitrogen and oxygen atoms in total. The summed E-state index contributed by atoms with van der Waals surface area (Å²) in [6.45, 7) is 7.25. The van der Waals surface area contributed by atoms with Gasteiger partial charge in [-0.15, -0.1) is 0 Å². The van der Waals surface area contributed by atoms with E-state index >= 15 is 0 Å². The van der Waals surface area contributed by atoms with Crippen molar-refractivity contribution in [2.45, 2.75) is 32.9 Å². The lowest BCUT2D eigenvalue weighted by Gasteiger charge is -2.23. The van der Waals surface area contributed by atoms with Crippen LogP contribution in [0.25, 0.3) is 0 Å². The highest BCUT2D eigenvalue weighted by molar-refractivity contribution is 5.78. The maximum atomic E-state index is 12.3. The van der Waals surface area contributed by atoms with E-state index in [0.717, 1.165) is 19.5 Å². The Morgan fingerprint density at radius 1 is 1.48 bits per heavy atom. The fourth-order valence-corrected chi connectivity index (χ4v) is 2.88. The molecule has 1 aromatic rings. The summed E-state index contributed by atoms with van der Waals surface area (Å²) in [5.74, 6) is 0.711. The van der Waals surface area contributed by atoms with Gasteiger partial charge in [-0.05, 0) is 43.9 Å². The summed E-state index contributed by atoms with van der Waals surface area (Å²) in [7, 11) is 1.88. The van der Waals surface area contributed by atoms with E-state index in [1.807, 2.05) is 24.1 Å². The van der Waals surface area contributed by atoms with E-state index in [2.05, 4.69) is 30.9 Å². The van der Waals surface area contributed by atoms with Crippen LogP contribution in [0.4, 0.5) is 0 Å². The fourth-order valence-electron chi connectivity index (χ4n) is 2.88. The molecule has 1 aromatic carbocycles. The summed E-state index contributed by atoms with van der Waals surface area (Å²) >= 11 is 0. The number of amides is 1. The Hall–Kier alpha value is -1.39. The van der Waals surface area contributed by atoms with Crippen molar-refractivity contribution in [1.82, 2.24) is 9.80 Å². The zero-order chi connectivity index (χ0) is 15.4. The van der Waals surface area contributed by atoms with Gasteiger partial charge in [-0.3, -0.25) is 9.69 Å². The number of likely N-dealkylation sites (N-methyl/N-ethyl adjacent to an activating group) is 1. The highest BCUT2D eigenvalue weighted by atomic mass is 16.2. The van der Waals surface area contributed by atoms with Crippen LogP contribution in [-0.2, 0) is 11.3 Å². The topological polar surface area (TPSA) is 49.6 Å². The van der Waals surface area contributed by atoms with Crippen LogP contribution in [-0.4, -0.2) is 48.4 Å². The summed E-state index contributed by atoms with van der Waals surface area (Å²) in [5.41, 5.74) is 8.39. The predicted molar refractivity (Wildman–Crippen MR) is 85.8 cm³/mol. The van der Waals surface area contributed by atoms with Gasteiger partial charge in [0, 0.05) is 26.2 Å². The van der Waals surface area contributed by atoms with Crippen molar-refractivity contribution in [3.8, 4) is 0 Å². The molecule has 21 heavy (non-hydrogen) atoms. The normalized spacial score (nSPS) is 20.5. The van der Waals surface area contributed by atoms with Gasteiger partial charge in [0.15, 0.2) is 0 Å². The first-order chi connectivity index (χ1) is 9.97. The van der Waals surface area contributed by atoms with Crippen molar-refractivity contribution in [1.29, 1.82) is 0 Å². The number of aryl methyl sites for hydroxylation is 1. The largest absolute Gasteiger partial charge is 0.340 e. The molecule has 1 amide bonds. The Kier molecular flexibility index (Phi) is 5.37. The number of benzene rings is 1. The van der Waals surface area contributed by atoms with Crippen molar-refractivity contribution >= 4 is 5.91 Å². The van der Waals surface area contributed by atoms with Crippen LogP contribution < -0.4 is 5.73 Å². The maximum absolute atomic E-state index is 12.3. The van der Waals surface area contributed by atoms with E-state index in [0.29, 0.717) is 19.0 Å². The molecule has 0 radical (unpaired) electrons. The molecule has 116 valence electrons. The average molecular weight is 289 g/mol. The van der Waals surface area contributed by atoms with Crippen molar-refractivity contribution in [3.05, 3.63) is 35.4 Å². The minimum absolute atomic E-state index is 0.184. The maximum Gasteiger partial charge on any atom is 0.236 e. The van der Waals surface area contributed by atoms with Gasteiger partial charge in [-0.25, -0.2) is 0 Å². The van der Waals surface area contributed by atoms with Crippen LogP contribution in [0.2, 0.25) is 0 Å². The SMILES string of the molecule is Cc1ccccc1CN(C)C(=O)CN1CCC(C(C)N)C1. The van der Waals surface area contributed by atoms with E-state index in [1.165, 1.54) is 11.1 Å². The molecule has 0 saturated carbocycles. The van der Waals surface area contributed by atoms with E-state index < -0.39 is 0 Å². The van der Waals surface area contributed by atoms with Crippen molar-refractivity contribution in [3.63, 3.8) is 0 Å². The summed E-state index contributed by atoms with van der Waals surface area (Å²) < 4.78 is 0. The summed E-state index contributed by atoms with van der Waals surface area (Å²) in [6, 6.07) is 8.44. The van der Waals surface area contributed by atoms with Gasteiger partial charge < -0.3 is 10.6 Å². The van der Waals surface area contributed by atoms with Crippen LogP contribution in [0.15, 0.2) is 24.3 Å². The number of hydrogen-bond donors (Lipinski definition) is 1. The minimum atomic E-state index is 0.184. The van der Waals surface area contributed by atoms with Gasteiger partial charge >= 0.3 is 0 Å². The second kappa shape index (κ2) is 7.05. The molecule has 1 saturated heterocycles. The van der Waals surface area contributed by atoms with Crippen LogP contribution >= 0.6 is 0 Å². The van der Waals surface area contributed by atoms with Crippen LogP contribution in [0, 0.1) is 12.8 Å². The molecule has 2 unspecified atom stereocenters. The molecule has 2 rings (SSSR count). The zero-order valence-corrected chi connectivity index (χ0v) is 13.4. The third-order valence-electron chi connectivity index (χ3n) is 4.51. The van der Waals surface area contributed by atoms with E-state index in [-0.39, 0.29) is 11.9 Å².